The fourth-order valence-corrected chi connectivity index (χ4v) is 1.47. The molecule has 0 aliphatic heterocycles. The molecule has 1 N–H and O–H groups in total. The summed E-state index contributed by atoms with van der Waals surface area (Å²) in [6, 6.07) is 9.39. The topological polar surface area (TPSA) is 62.8 Å². The summed E-state index contributed by atoms with van der Waals surface area (Å²) >= 11 is 0. The second kappa shape index (κ2) is 4.14. The highest BCUT2D eigenvalue weighted by atomic mass is 16.3. The van der Waals surface area contributed by atoms with Crippen LogP contribution in [0.1, 0.15) is 5.69 Å². The van der Waals surface area contributed by atoms with Crippen LogP contribution >= 0.6 is 0 Å². The SMILES string of the molecule is C/N=N/c1c(C)nn(-c2ccccc2)c1O. The van der Waals surface area contributed by atoms with Crippen molar-refractivity contribution in [2.75, 3.05) is 7.05 Å². The van der Waals surface area contributed by atoms with Crippen molar-refractivity contribution in [2.45, 2.75) is 6.92 Å². The van der Waals surface area contributed by atoms with Gasteiger partial charge in [-0.15, -0.1) is 5.11 Å². The van der Waals surface area contributed by atoms with Gasteiger partial charge in [0.1, 0.15) is 0 Å². The summed E-state index contributed by atoms with van der Waals surface area (Å²) in [5, 5.41) is 21.6. The Morgan fingerprint density at radius 3 is 2.56 bits per heavy atom. The fourth-order valence-electron chi connectivity index (χ4n) is 1.47. The first kappa shape index (κ1) is 10.4. The maximum atomic E-state index is 9.94. The number of hydrogen-bond donors (Lipinski definition) is 1. The summed E-state index contributed by atoms with van der Waals surface area (Å²) in [4.78, 5) is 0. The van der Waals surface area contributed by atoms with Gasteiger partial charge in [0.2, 0.25) is 5.88 Å². The number of aromatic nitrogens is 2. The Balaban J connectivity index is 2.56. The molecule has 0 saturated carbocycles. The Kier molecular flexibility index (Phi) is 2.68. The number of rotatable bonds is 2. The normalized spacial score (nSPS) is 11.1. The van der Waals surface area contributed by atoms with Crippen molar-refractivity contribution in [3.8, 4) is 11.6 Å². The number of azo groups is 1. The standard InChI is InChI=1S/C11H12N4O/c1-8-10(13-12-2)11(16)15(14-8)9-6-4-3-5-7-9/h3-7,16H,1-2H3/b13-12+. The highest BCUT2D eigenvalue weighted by molar-refractivity contribution is 5.53. The highest BCUT2D eigenvalue weighted by Gasteiger charge is 2.14. The van der Waals surface area contributed by atoms with Gasteiger partial charge >= 0.3 is 0 Å². The van der Waals surface area contributed by atoms with Crippen LogP contribution in [0.4, 0.5) is 5.69 Å². The summed E-state index contributed by atoms with van der Waals surface area (Å²) in [6.45, 7) is 1.78. The average molecular weight is 216 g/mol. The first-order valence-corrected chi connectivity index (χ1v) is 4.88. The quantitative estimate of drug-likeness (QED) is 0.784. The van der Waals surface area contributed by atoms with E-state index < -0.39 is 0 Å². The molecule has 0 amide bonds. The molecule has 0 fully saturated rings. The molecule has 2 aromatic rings. The summed E-state index contributed by atoms with van der Waals surface area (Å²) < 4.78 is 1.44. The van der Waals surface area contributed by atoms with Gasteiger partial charge < -0.3 is 5.11 Å². The predicted molar refractivity (Wildman–Crippen MR) is 60.4 cm³/mol. The van der Waals surface area contributed by atoms with E-state index in [4.69, 9.17) is 0 Å². The summed E-state index contributed by atoms with van der Waals surface area (Å²) in [7, 11) is 1.55. The molecule has 0 saturated heterocycles. The first-order chi connectivity index (χ1) is 7.74. The van der Waals surface area contributed by atoms with E-state index in [2.05, 4.69) is 15.3 Å². The molecular formula is C11H12N4O. The molecule has 5 heteroatoms. The maximum Gasteiger partial charge on any atom is 0.243 e. The van der Waals surface area contributed by atoms with Crippen LogP contribution in [0.3, 0.4) is 0 Å². The predicted octanol–water partition coefficient (Wildman–Crippen LogP) is 2.60. The van der Waals surface area contributed by atoms with Crippen molar-refractivity contribution >= 4 is 5.69 Å². The Morgan fingerprint density at radius 2 is 1.94 bits per heavy atom. The number of nitrogens with zero attached hydrogens (tertiary/aromatic N) is 4. The molecular weight excluding hydrogens is 204 g/mol. The minimum atomic E-state index is 0.00861. The van der Waals surface area contributed by atoms with E-state index in [1.165, 1.54) is 4.68 Å². The van der Waals surface area contributed by atoms with Gasteiger partial charge in [0.25, 0.3) is 0 Å². The van der Waals surface area contributed by atoms with Crippen LogP contribution in [-0.2, 0) is 0 Å². The van der Waals surface area contributed by atoms with Gasteiger partial charge in [0.05, 0.1) is 11.4 Å². The molecule has 5 nitrogen and oxygen atoms in total. The Bertz CT molecular complexity index is 516. The Labute approximate surface area is 93.1 Å². The lowest BCUT2D eigenvalue weighted by Crippen LogP contribution is -1.94. The molecule has 0 bridgehead atoms. The zero-order valence-electron chi connectivity index (χ0n) is 9.12. The van der Waals surface area contributed by atoms with Gasteiger partial charge in [-0.2, -0.15) is 14.9 Å². The average Bonchev–Trinajstić information content (AvgIpc) is 2.59. The molecule has 2 rings (SSSR count). The fraction of sp³-hybridized carbons (Fsp3) is 0.182. The van der Waals surface area contributed by atoms with Gasteiger partial charge in [-0.1, -0.05) is 18.2 Å². The van der Waals surface area contributed by atoms with Gasteiger partial charge in [0, 0.05) is 7.05 Å². The van der Waals surface area contributed by atoms with Crippen molar-refractivity contribution in [1.29, 1.82) is 0 Å². The van der Waals surface area contributed by atoms with E-state index in [9.17, 15) is 5.11 Å². The van der Waals surface area contributed by atoms with Crippen molar-refractivity contribution in [1.82, 2.24) is 9.78 Å². The van der Waals surface area contributed by atoms with Crippen molar-refractivity contribution in [3.05, 3.63) is 36.0 Å². The van der Waals surface area contributed by atoms with Crippen LogP contribution in [-0.4, -0.2) is 21.9 Å². The van der Waals surface area contributed by atoms with Crippen LogP contribution in [0.2, 0.25) is 0 Å². The second-order valence-corrected chi connectivity index (χ2v) is 3.30. The minimum absolute atomic E-state index is 0.00861. The van der Waals surface area contributed by atoms with Crippen LogP contribution in [0.15, 0.2) is 40.6 Å². The number of para-hydroxylation sites is 1. The van der Waals surface area contributed by atoms with Gasteiger partial charge in [-0.25, -0.2) is 0 Å². The van der Waals surface area contributed by atoms with Crippen LogP contribution in [0.25, 0.3) is 5.69 Å². The zero-order chi connectivity index (χ0) is 11.5. The molecule has 0 radical (unpaired) electrons. The Hall–Kier alpha value is -2.17. The summed E-state index contributed by atoms with van der Waals surface area (Å²) in [6.07, 6.45) is 0. The highest BCUT2D eigenvalue weighted by Crippen LogP contribution is 2.32. The molecule has 0 unspecified atom stereocenters. The van der Waals surface area contributed by atoms with Crippen molar-refractivity contribution in [3.63, 3.8) is 0 Å². The van der Waals surface area contributed by atoms with E-state index in [1.807, 2.05) is 30.3 Å². The monoisotopic (exact) mass is 216 g/mol. The van der Waals surface area contributed by atoms with Crippen molar-refractivity contribution in [2.24, 2.45) is 10.2 Å². The van der Waals surface area contributed by atoms with E-state index >= 15 is 0 Å². The van der Waals surface area contributed by atoms with E-state index in [-0.39, 0.29) is 5.88 Å². The molecule has 82 valence electrons. The first-order valence-electron chi connectivity index (χ1n) is 4.88. The number of hydrogen-bond acceptors (Lipinski definition) is 4. The van der Waals surface area contributed by atoms with Crippen molar-refractivity contribution < 1.29 is 5.11 Å². The van der Waals surface area contributed by atoms with Gasteiger partial charge in [-0.3, -0.25) is 0 Å². The van der Waals surface area contributed by atoms with Crippen LogP contribution in [0.5, 0.6) is 5.88 Å². The number of aromatic hydroxyl groups is 1. The molecule has 0 spiro atoms. The molecule has 0 atom stereocenters. The largest absolute Gasteiger partial charge is 0.492 e. The zero-order valence-corrected chi connectivity index (χ0v) is 9.12. The van der Waals surface area contributed by atoms with Crippen LogP contribution < -0.4 is 0 Å². The lowest BCUT2D eigenvalue weighted by molar-refractivity contribution is 0.434. The Morgan fingerprint density at radius 1 is 1.25 bits per heavy atom. The number of benzene rings is 1. The lowest BCUT2D eigenvalue weighted by atomic mass is 10.3. The molecule has 16 heavy (non-hydrogen) atoms. The third kappa shape index (κ3) is 1.67. The number of aryl methyl sites for hydroxylation is 1. The molecule has 0 aliphatic rings. The summed E-state index contributed by atoms with van der Waals surface area (Å²) in [5.74, 6) is 0.00861. The molecule has 1 heterocycles. The third-order valence-corrected chi connectivity index (χ3v) is 2.21. The second-order valence-electron chi connectivity index (χ2n) is 3.30. The van der Waals surface area contributed by atoms with E-state index in [1.54, 1.807) is 14.0 Å². The molecule has 0 aliphatic carbocycles. The van der Waals surface area contributed by atoms with Gasteiger partial charge in [-0.05, 0) is 19.1 Å². The molecule has 1 aromatic carbocycles. The van der Waals surface area contributed by atoms with E-state index in [0.29, 0.717) is 11.4 Å². The van der Waals surface area contributed by atoms with Gasteiger partial charge in [0.15, 0.2) is 5.69 Å². The molecule has 1 aromatic heterocycles. The third-order valence-electron chi connectivity index (χ3n) is 2.21. The summed E-state index contributed by atoms with van der Waals surface area (Å²) in [5.41, 5.74) is 1.85. The smallest absolute Gasteiger partial charge is 0.243 e. The lowest BCUT2D eigenvalue weighted by Gasteiger charge is -2.01. The van der Waals surface area contributed by atoms with E-state index in [0.717, 1.165) is 5.69 Å². The van der Waals surface area contributed by atoms with Crippen LogP contribution in [0, 0.1) is 6.92 Å². The minimum Gasteiger partial charge on any atom is -0.492 e. The maximum absolute atomic E-state index is 9.94.